The molecule has 0 aliphatic carbocycles. The predicted octanol–water partition coefficient (Wildman–Crippen LogP) is 1.76. The SMILES string of the molecule is C[C@H](NC(=O)N1CCN(c2ccc(F)cc2)CC1)C(=O)NCc1cccnc1. The Labute approximate surface area is 163 Å². The van der Waals surface area contributed by atoms with Crippen molar-refractivity contribution in [2.75, 3.05) is 31.1 Å². The number of piperazine rings is 1. The van der Waals surface area contributed by atoms with Gasteiger partial charge in [0.25, 0.3) is 0 Å². The monoisotopic (exact) mass is 385 g/mol. The van der Waals surface area contributed by atoms with Gasteiger partial charge < -0.3 is 20.4 Å². The van der Waals surface area contributed by atoms with Crippen LogP contribution in [0.2, 0.25) is 0 Å². The second kappa shape index (κ2) is 9.16. The second-order valence-corrected chi connectivity index (χ2v) is 6.70. The number of carbonyl (C=O) groups excluding carboxylic acids is 2. The lowest BCUT2D eigenvalue weighted by Crippen LogP contribution is -2.55. The summed E-state index contributed by atoms with van der Waals surface area (Å²) in [6, 6.07) is 9.11. The summed E-state index contributed by atoms with van der Waals surface area (Å²) in [4.78, 5) is 32.4. The molecule has 1 fully saturated rings. The number of aromatic nitrogens is 1. The number of pyridine rings is 1. The number of nitrogens with zero attached hydrogens (tertiary/aromatic N) is 3. The molecule has 28 heavy (non-hydrogen) atoms. The highest BCUT2D eigenvalue weighted by atomic mass is 19.1. The van der Waals surface area contributed by atoms with Crippen molar-refractivity contribution in [1.82, 2.24) is 20.5 Å². The summed E-state index contributed by atoms with van der Waals surface area (Å²) in [5.41, 5.74) is 1.83. The summed E-state index contributed by atoms with van der Waals surface area (Å²) in [5, 5.41) is 5.53. The molecule has 3 amide bonds. The molecule has 2 N–H and O–H groups in total. The number of hydrogen-bond donors (Lipinski definition) is 2. The first-order valence-corrected chi connectivity index (χ1v) is 9.25. The van der Waals surface area contributed by atoms with Crippen LogP contribution in [0.3, 0.4) is 0 Å². The van der Waals surface area contributed by atoms with Gasteiger partial charge in [-0.05, 0) is 42.8 Å². The molecule has 148 valence electrons. The van der Waals surface area contributed by atoms with Crippen LogP contribution >= 0.6 is 0 Å². The highest BCUT2D eigenvalue weighted by Gasteiger charge is 2.24. The van der Waals surface area contributed by atoms with Crippen LogP contribution in [-0.4, -0.2) is 54.0 Å². The van der Waals surface area contributed by atoms with Crippen LogP contribution < -0.4 is 15.5 Å². The Morgan fingerprint density at radius 2 is 1.86 bits per heavy atom. The standard InChI is InChI=1S/C20H24FN5O2/c1-15(19(27)23-14-16-3-2-8-22-13-16)24-20(28)26-11-9-25(10-12-26)18-6-4-17(21)5-7-18/h2-8,13,15H,9-12,14H2,1H3,(H,23,27)(H,24,28)/t15-/m0/s1. The van der Waals surface area contributed by atoms with Gasteiger partial charge in [0.05, 0.1) is 0 Å². The van der Waals surface area contributed by atoms with E-state index in [1.165, 1.54) is 12.1 Å². The zero-order chi connectivity index (χ0) is 19.9. The van der Waals surface area contributed by atoms with Crippen LogP contribution in [-0.2, 0) is 11.3 Å². The van der Waals surface area contributed by atoms with Gasteiger partial charge in [0.1, 0.15) is 11.9 Å². The van der Waals surface area contributed by atoms with Gasteiger partial charge in [-0.2, -0.15) is 0 Å². The van der Waals surface area contributed by atoms with Crippen molar-refractivity contribution in [2.24, 2.45) is 0 Å². The summed E-state index contributed by atoms with van der Waals surface area (Å²) in [7, 11) is 0. The second-order valence-electron chi connectivity index (χ2n) is 6.70. The smallest absolute Gasteiger partial charge is 0.318 e. The summed E-state index contributed by atoms with van der Waals surface area (Å²) >= 11 is 0. The van der Waals surface area contributed by atoms with Gasteiger partial charge in [-0.25, -0.2) is 9.18 Å². The zero-order valence-electron chi connectivity index (χ0n) is 15.8. The van der Waals surface area contributed by atoms with Crippen molar-refractivity contribution in [3.05, 3.63) is 60.2 Å². The Kier molecular flexibility index (Phi) is 6.41. The number of carbonyl (C=O) groups is 2. The van der Waals surface area contributed by atoms with E-state index in [9.17, 15) is 14.0 Å². The molecule has 1 atom stereocenters. The fourth-order valence-corrected chi connectivity index (χ4v) is 3.01. The van der Waals surface area contributed by atoms with Crippen molar-refractivity contribution >= 4 is 17.6 Å². The topological polar surface area (TPSA) is 77.6 Å². The maximum Gasteiger partial charge on any atom is 0.318 e. The molecule has 0 spiro atoms. The number of benzene rings is 1. The van der Waals surface area contributed by atoms with Gasteiger partial charge in [0.2, 0.25) is 5.91 Å². The fraction of sp³-hybridized carbons (Fsp3) is 0.350. The first-order chi connectivity index (χ1) is 13.5. The molecule has 1 aliphatic rings. The third kappa shape index (κ3) is 5.18. The lowest BCUT2D eigenvalue weighted by molar-refractivity contribution is -0.122. The molecule has 2 aromatic rings. The number of amides is 3. The maximum absolute atomic E-state index is 13.0. The molecule has 7 nitrogen and oxygen atoms in total. The molecule has 1 saturated heterocycles. The van der Waals surface area contributed by atoms with Gasteiger partial charge in [0.15, 0.2) is 0 Å². The summed E-state index contributed by atoms with van der Waals surface area (Å²) in [6.07, 6.45) is 3.36. The van der Waals surface area contributed by atoms with Gasteiger partial charge in [-0.3, -0.25) is 9.78 Å². The number of hydrogen-bond acceptors (Lipinski definition) is 4. The average molecular weight is 385 g/mol. The molecular weight excluding hydrogens is 361 g/mol. The highest BCUT2D eigenvalue weighted by Crippen LogP contribution is 2.16. The molecular formula is C20H24FN5O2. The van der Waals surface area contributed by atoms with Crippen molar-refractivity contribution < 1.29 is 14.0 Å². The van der Waals surface area contributed by atoms with Gasteiger partial charge >= 0.3 is 6.03 Å². The van der Waals surface area contributed by atoms with Crippen LogP contribution in [0.25, 0.3) is 0 Å². The normalized spacial score (nSPS) is 15.1. The summed E-state index contributed by atoms with van der Waals surface area (Å²) in [5.74, 6) is -0.514. The van der Waals surface area contributed by atoms with E-state index in [0.717, 1.165) is 11.3 Å². The Bertz CT molecular complexity index is 792. The van der Waals surface area contributed by atoms with E-state index in [-0.39, 0.29) is 17.8 Å². The minimum atomic E-state index is -0.640. The molecule has 0 unspecified atom stereocenters. The molecule has 1 aromatic carbocycles. The van der Waals surface area contributed by atoms with Crippen LogP contribution in [0.1, 0.15) is 12.5 Å². The van der Waals surface area contributed by atoms with Crippen molar-refractivity contribution in [2.45, 2.75) is 19.5 Å². The maximum atomic E-state index is 13.0. The Morgan fingerprint density at radius 3 is 2.50 bits per heavy atom. The fourth-order valence-electron chi connectivity index (χ4n) is 3.01. The summed E-state index contributed by atoms with van der Waals surface area (Å²) < 4.78 is 13.0. The third-order valence-electron chi connectivity index (χ3n) is 4.68. The first kappa shape index (κ1) is 19.6. The Hall–Kier alpha value is -3.16. The molecule has 0 radical (unpaired) electrons. The lowest BCUT2D eigenvalue weighted by atomic mass is 10.2. The predicted molar refractivity (Wildman–Crippen MR) is 104 cm³/mol. The lowest BCUT2D eigenvalue weighted by Gasteiger charge is -2.36. The van der Waals surface area contributed by atoms with E-state index < -0.39 is 6.04 Å². The highest BCUT2D eigenvalue weighted by molar-refractivity contribution is 5.86. The average Bonchev–Trinajstić information content (AvgIpc) is 2.73. The van der Waals surface area contributed by atoms with Gasteiger partial charge in [-0.15, -0.1) is 0 Å². The van der Waals surface area contributed by atoms with Crippen LogP contribution in [0.15, 0.2) is 48.8 Å². The Balaban J connectivity index is 1.43. The zero-order valence-corrected chi connectivity index (χ0v) is 15.8. The molecule has 3 rings (SSSR count). The molecule has 0 saturated carbocycles. The number of rotatable bonds is 5. The quantitative estimate of drug-likeness (QED) is 0.822. The van der Waals surface area contributed by atoms with E-state index >= 15 is 0 Å². The number of urea groups is 1. The molecule has 8 heteroatoms. The van der Waals surface area contributed by atoms with Crippen molar-refractivity contribution in [3.8, 4) is 0 Å². The van der Waals surface area contributed by atoms with E-state index in [0.29, 0.717) is 32.7 Å². The van der Waals surface area contributed by atoms with Crippen molar-refractivity contribution in [1.29, 1.82) is 0 Å². The van der Waals surface area contributed by atoms with Crippen molar-refractivity contribution in [3.63, 3.8) is 0 Å². The Morgan fingerprint density at radius 1 is 1.14 bits per heavy atom. The molecule has 1 aliphatic heterocycles. The number of halogens is 1. The first-order valence-electron chi connectivity index (χ1n) is 9.25. The summed E-state index contributed by atoms with van der Waals surface area (Å²) in [6.45, 7) is 4.40. The largest absolute Gasteiger partial charge is 0.368 e. The molecule has 2 heterocycles. The van der Waals surface area contributed by atoms with Gasteiger partial charge in [0, 0.05) is 50.8 Å². The minimum absolute atomic E-state index is 0.248. The molecule has 0 bridgehead atoms. The van der Waals surface area contributed by atoms with E-state index in [4.69, 9.17) is 0 Å². The number of nitrogens with one attached hydrogen (secondary N) is 2. The number of anilines is 1. The van der Waals surface area contributed by atoms with Crippen LogP contribution in [0, 0.1) is 5.82 Å². The van der Waals surface area contributed by atoms with Gasteiger partial charge in [-0.1, -0.05) is 6.07 Å². The van der Waals surface area contributed by atoms with Crippen LogP contribution in [0.4, 0.5) is 14.9 Å². The van der Waals surface area contributed by atoms with Crippen LogP contribution in [0.5, 0.6) is 0 Å². The van der Waals surface area contributed by atoms with E-state index in [1.54, 1.807) is 42.4 Å². The third-order valence-corrected chi connectivity index (χ3v) is 4.68. The van der Waals surface area contributed by atoms with E-state index in [1.807, 2.05) is 6.07 Å². The van der Waals surface area contributed by atoms with E-state index in [2.05, 4.69) is 20.5 Å². The minimum Gasteiger partial charge on any atom is -0.368 e. The molecule has 1 aromatic heterocycles.